The summed E-state index contributed by atoms with van der Waals surface area (Å²) in [5, 5.41) is 13.3. The Bertz CT molecular complexity index is 602. The van der Waals surface area contributed by atoms with Crippen LogP contribution in [-0.2, 0) is 4.79 Å². The van der Waals surface area contributed by atoms with Crippen LogP contribution in [0.2, 0.25) is 0 Å². The first kappa shape index (κ1) is 20.0. The Kier molecular flexibility index (Phi) is 7.43. The minimum Gasteiger partial charge on any atom is -0.488 e. The van der Waals surface area contributed by atoms with Crippen molar-refractivity contribution >= 4 is 5.91 Å². The van der Waals surface area contributed by atoms with E-state index < -0.39 is 11.9 Å². The van der Waals surface area contributed by atoms with Crippen molar-refractivity contribution < 1.29 is 19.0 Å². The predicted molar refractivity (Wildman–Crippen MR) is 101 cm³/mol. The molecule has 7 heteroatoms. The normalized spacial score (nSPS) is 20.5. The number of piperazine rings is 1. The first-order valence-corrected chi connectivity index (χ1v) is 9.89. The fraction of sp³-hybridized carbons (Fsp3) is 0.650. The van der Waals surface area contributed by atoms with Crippen LogP contribution in [0.1, 0.15) is 25.7 Å². The highest BCUT2D eigenvalue weighted by atomic mass is 19.1. The van der Waals surface area contributed by atoms with E-state index in [1.54, 1.807) is 18.2 Å². The molecule has 0 spiro atoms. The highest BCUT2D eigenvalue weighted by Crippen LogP contribution is 2.18. The second kappa shape index (κ2) is 10.0. The molecule has 1 aliphatic carbocycles. The van der Waals surface area contributed by atoms with E-state index in [4.69, 9.17) is 4.74 Å². The van der Waals surface area contributed by atoms with Gasteiger partial charge in [-0.3, -0.25) is 14.6 Å². The van der Waals surface area contributed by atoms with Crippen molar-refractivity contribution in [2.45, 2.75) is 37.8 Å². The van der Waals surface area contributed by atoms with Gasteiger partial charge in [0.2, 0.25) is 5.91 Å². The number of hydrogen-bond acceptors (Lipinski definition) is 5. The summed E-state index contributed by atoms with van der Waals surface area (Å²) in [4.78, 5) is 16.4. The number of nitrogens with zero attached hydrogens (tertiary/aromatic N) is 2. The highest BCUT2D eigenvalue weighted by molar-refractivity contribution is 5.78. The summed E-state index contributed by atoms with van der Waals surface area (Å²) in [6.45, 7) is 4.20. The molecule has 1 saturated heterocycles. The van der Waals surface area contributed by atoms with Crippen LogP contribution in [0, 0.1) is 5.82 Å². The van der Waals surface area contributed by atoms with Gasteiger partial charge in [-0.2, -0.15) is 0 Å². The molecule has 0 aromatic heterocycles. The minimum absolute atomic E-state index is 0.0605. The van der Waals surface area contributed by atoms with Crippen molar-refractivity contribution in [1.82, 2.24) is 15.1 Å². The van der Waals surface area contributed by atoms with Gasteiger partial charge in [0.1, 0.15) is 12.7 Å². The standard InChI is InChI=1S/C20H30FN3O3/c21-18-7-3-4-8-19(18)27-15-17(25)13-23-9-11-24(12-10-23)14-20(26)22-16-5-1-2-6-16/h3-4,7-8,16-17,25H,1-2,5-6,9-15H2,(H,22,26). The van der Waals surface area contributed by atoms with E-state index >= 15 is 0 Å². The molecule has 6 nitrogen and oxygen atoms in total. The molecule has 1 heterocycles. The number of carbonyl (C=O) groups excluding carboxylic acids is 1. The number of carbonyl (C=O) groups is 1. The van der Waals surface area contributed by atoms with Crippen molar-refractivity contribution in [3.8, 4) is 5.75 Å². The van der Waals surface area contributed by atoms with Crippen LogP contribution in [0.25, 0.3) is 0 Å². The fourth-order valence-corrected chi connectivity index (χ4v) is 3.78. The van der Waals surface area contributed by atoms with Crippen LogP contribution in [0.3, 0.4) is 0 Å². The lowest BCUT2D eigenvalue weighted by Crippen LogP contribution is -2.52. The molecule has 2 aliphatic rings. The van der Waals surface area contributed by atoms with E-state index in [0.29, 0.717) is 19.1 Å². The summed E-state index contributed by atoms with van der Waals surface area (Å²) < 4.78 is 18.9. The van der Waals surface area contributed by atoms with Gasteiger partial charge in [-0.15, -0.1) is 0 Å². The summed E-state index contributed by atoms with van der Waals surface area (Å²) >= 11 is 0. The Morgan fingerprint density at radius 1 is 1.19 bits per heavy atom. The average Bonchev–Trinajstić information content (AvgIpc) is 3.15. The molecule has 2 fully saturated rings. The number of β-amino-alcohol motifs (C(OH)–C–C–N with tert-alkyl or cyclic N) is 1. The molecule has 27 heavy (non-hydrogen) atoms. The summed E-state index contributed by atoms with van der Waals surface area (Å²) in [6.07, 6.45) is 3.96. The van der Waals surface area contributed by atoms with Crippen LogP contribution >= 0.6 is 0 Å². The average molecular weight is 379 g/mol. The molecule has 1 aliphatic heterocycles. The first-order valence-electron chi connectivity index (χ1n) is 9.89. The molecule has 1 aromatic carbocycles. The predicted octanol–water partition coefficient (Wildman–Crippen LogP) is 1.24. The maximum atomic E-state index is 13.5. The van der Waals surface area contributed by atoms with Gasteiger partial charge in [0, 0.05) is 38.8 Å². The number of halogens is 1. The van der Waals surface area contributed by atoms with Gasteiger partial charge in [-0.25, -0.2) is 4.39 Å². The lowest BCUT2D eigenvalue weighted by molar-refractivity contribution is -0.123. The number of para-hydroxylation sites is 1. The number of hydrogen-bond donors (Lipinski definition) is 2. The molecule has 0 radical (unpaired) electrons. The van der Waals surface area contributed by atoms with Crippen LogP contribution in [0.4, 0.5) is 4.39 Å². The lowest BCUT2D eigenvalue weighted by atomic mass is 10.2. The van der Waals surface area contributed by atoms with E-state index in [2.05, 4.69) is 15.1 Å². The highest BCUT2D eigenvalue weighted by Gasteiger charge is 2.23. The summed E-state index contributed by atoms with van der Waals surface area (Å²) in [6, 6.07) is 6.56. The number of ether oxygens (including phenoxy) is 1. The van der Waals surface area contributed by atoms with E-state index in [1.807, 2.05) is 0 Å². The van der Waals surface area contributed by atoms with Crippen LogP contribution in [0.5, 0.6) is 5.75 Å². The zero-order valence-corrected chi connectivity index (χ0v) is 15.8. The van der Waals surface area contributed by atoms with Gasteiger partial charge < -0.3 is 15.2 Å². The van der Waals surface area contributed by atoms with Crippen molar-refractivity contribution in [2.24, 2.45) is 0 Å². The van der Waals surface area contributed by atoms with Crippen molar-refractivity contribution in [3.63, 3.8) is 0 Å². The second-order valence-electron chi connectivity index (χ2n) is 7.52. The zero-order chi connectivity index (χ0) is 19.1. The second-order valence-corrected chi connectivity index (χ2v) is 7.52. The Balaban J connectivity index is 1.31. The Hall–Kier alpha value is -1.70. The van der Waals surface area contributed by atoms with Crippen molar-refractivity contribution in [3.05, 3.63) is 30.1 Å². The third kappa shape index (κ3) is 6.45. The maximum Gasteiger partial charge on any atom is 0.234 e. The molecule has 1 atom stereocenters. The van der Waals surface area contributed by atoms with Crippen molar-refractivity contribution in [1.29, 1.82) is 0 Å². The molecule has 1 aromatic rings. The monoisotopic (exact) mass is 379 g/mol. The smallest absolute Gasteiger partial charge is 0.234 e. The topological polar surface area (TPSA) is 65.0 Å². The Labute approximate surface area is 160 Å². The Morgan fingerprint density at radius 3 is 2.56 bits per heavy atom. The molecule has 2 N–H and O–H groups in total. The molecule has 150 valence electrons. The molecule has 1 unspecified atom stereocenters. The quantitative estimate of drug-likeness (QED) is 0.712. The van der Waals surface area contributed by atoms with E-state index in [9.17, 15) is 14.3 Å². The maximum absolute atomic E-state index is 13.5. The number of aliphatic hydroxyl groups is 1. The van der Waals surface area contributed by atoms with Crippen LogP contribution in [-0.4, -0.2) is 78.8 Å². The first-order chi connectivity index (χ1) is 13.1. The van der Waals surface area contributed by atoms with Gasteiger partial charge in [0.15, 0.2) is 11.6 Å². The summed E-state index contributed by atoms with van der Waals surface area (Å²) in [5.41, 5.74) is 0. The van der Waals surface area contributed by atoms with Crippen LogP contribution in [0.15, 0.2) is 24.3 Å². The third-order valence-corrected chi connectivity index (χ3v) is 5.29. The van der Waals surface area contributed by atoms with Gasteiger partial charge >= 0.3 is 0 Å². The number of amides is 1. The molecular weight excluding hydrogens is 349 g/mol. The third-order valence-electron chi connectivity index (χ3n) is 5.29. The number of aliphatic hydroxyl groups excluding tert-OH is 1. The minimum atomic E-state index is -0.679. The fourth-order valence-electron chi connectivity index (χ4n) is 3.78. The van der Waals surface area contributed by atoms with Gasteiger partial charge in [0.05, 0.1) is 6.54 Å². The summed E-state index contributed by atoms with van der Waals surface area (Å²) in [5.74, 6) is -0.141. The van der Waals surface area contributed by atoms with Gasteiger partial charge in [-0.1, -0.05) is 25.0 Å². The molecular formula is C20H30FN3O3. The summed E-state index contributed by atoms with van der Waals surface area (Å²) in [7, 11) is 0. The molecule has 1 amide bonds. The Morgan fingerprint density at radius 2 is 1.85 bits per heavy atom. The SMILES string of the molecule is O=C(CN1CCN(CC(O)COc2ccccc2F)CC1)NC1CCCC1. The number of nitrogens with one attached hydrogen (secondary N) is 1. The van der Waals surface area contributed by atoms with E-state index in [-0.39, 0.29) is 18.3 Å². The molecule has 0 bridgehead atoms. The number of rotatable bonds is 8. The van der Waals surface area contributed by atoms with E-state index in [1.165, 1.54) is 18.9 Å². The van der Waals surface area contributed by atoms with Crippen LogP contribution < -0.4 is 10.1 Å². The number of benzene rings is 1. The van der Waals surface area contributed by atoms with E-state index in [0.717, 1.165) is 39.0 Å². The van der Waals surface area contributed by atoms with Gasteiger partial charge in [-0.05, 0) is 25.0 Å². The zero-order valence-electron chi connectivity index (χ0n) is 15.8. The molecule has 1 saturated carbocycles. The molecule has 3 rings (SSSR count). The van der Waals surface area contributed by atoms with Crippen molar-refractivity contribution in [2.75, 3.05) is 45.9 Å². The lowest BCUT2D eigenvalue weighted by Gasteiger charge is -2.35. The van der Waals surface area contributed by atoms with Gasteiger partial charge in [0.25, 0.3) is 0 Å². The largest absolute Gasteiger partial charge is 0.488 e.